The topological polar surface area (TPSA) is 79.8 Å². The summed E-state index contributed by atoms with van der Waals surface area (Å²) in [6.07, 6.45) is 7.45. The van der Waals surface area contributed by atoms with Gasteiger partial charge in [-0.25, -0.2) is 13.6 Å². The van der Waals surface area contributed by atoms with E-state index in [-0.39, 0.29) is 11.5 Å². The number of anilines is 2. The van der Waals surface area contributed by atoms with E-state index in [1.807, 2.05) is 0 Å². The zero-order chi connectivity index (χ0) is 22.5. The largest absolute Gasteiger partial charge is 0.437 e. The second kappa shape index (κ2) is 13.1. The number of oxime groups is 1. The lowest BCUT2D eigenvalue weighted by molar-refractivity contribution is -0.116. The van der Waals surface area contributed by atoms with E-state index in [0.29, 0.717) is 17.8 Å². The number of rotatable bonds is 11. The predicted octanol–water partition coefficient (Wildman–Crippen LogP) is 6.24. The number of hydrogen-bond donors (Lipinski definition) is 2. The third-order valence-electron chi connectivity index (χ3n) is 4.45. The van der Waals surface area contributed by atoms with E-state index in [1.54, 1.807) is 24.3 Å². The van der Waals surface area contributed by atoms with E-state index in [4.69, 9.17) is 0 Å². The molecule has 0 bridgehead atoms. The van der Waals surface area contributed by atoms with Gasteiger partial charge in [-0.2, -0.15) is 0 Å². The summed E-state index contributed by atoms with van der Waals surface area (Å²) in [6, 6.07) is 9.73. The summed E-state index contributed by atoms with van der Waals surface area (Å²) in [5.41, 5.74) is 1.32. The van der Waals surface area contributed by atoms with E-state index in [0.717, 1.165) is 37.6 Å². The molecule has 0 heterocycles. The molecule has 0 aromatic heterocycles. The fourth-order valence-electron chi connectivity index (χ4n) is 2.79. The first-order valence-electron chi connectivity index (χ1n) is 10.3. The van der Waals surface area contributed by atoms with Crippen molar-refractivity contribution in [3.05, 3.63) is 59.7 Å². The Bertz CT molecular complexity index is 886. The molecule has 2 amide bonds. The zero-order valence-electron chi connectivity index (χ0n) is 17.5. The monoisotopic (exact) mass is 431 g/mol. The lowest BCUT2D eigenvalue weighted by Gasteiger charge is -2.07. The van der Waals surface area contributed by atoms with Crippen molar-refractivity contribution >= 4 is 29.6 Å². The minimum Gasteiger partial charge on any atom is -0.326 e. The highest BCUT2D eigenvalue weighted by Crippen LogP contribution is 2.15. The molecule has 0 saturated heterocycles. The van der Waals surface area contributed by atoms with Crippen molar-refractivity contribution in [1.82, 2.24) is 0 Å². The highest BCUT2D eigenvalue weighted by atomic mass is 19.2. The Kier molecular flexibility index (Phi) is 10.1. The second-order valence-electron chi connectivity index (χ2n) is 7.06. The van der Waals surface area contributed by atoms with Crippen LogP contribution in [0.3, 0.4) is 0 Å². The molecule has 0 atom stereocenters. The number of halogens is 2. The van der Waals surface area contributed by atoms with Crippen LogP contribution in [0, 0.1) is 11.6 Å². The van der Waals surface area contributed by atoms with Crippen LogP contribution in [0.25, 0.3) is 0 Å². The summed E-state index contributed by atoms with van der Waals surface area (Å²) in [7, 11) is 0. The van der Waals surface area contributed by atoms with E-state index < -0.39 is 17.7 Å². The van der Waals surface area contributed by atoms with Crippen molar-refractivity contribution in [2.45, 2.75) is 51.9 Å². The van der Waals surface area contributed by atoms with Crippen LogP contribution in [0.1, 0.15) is 57.4 Å². The van der Waals surface area contributed by atoms with Crippen LogP contribution in [0.5, 0.6) is 0 Å². The van der Waals surface area contributed by atoms with Crippen LogP contribution in [0.4, 0.5) is 25.0 Å². The molecule has 31 heavy (non-hydrogen) atoms. The number of benzene rings is 2. The molecule has 0 spiro atoms. The Balaban J connectivity index is 1.71. The zero-order valence-corrected chi connectivity index (χ0v) is 17.5. The predicted molar refractivity (Wildman–Crippen MR) is 117 cm³/mol. The van der Waals surface area contributed by atoms with Gasteiger partial charge in [-0.05, 0) is 48.4 Å². The first-order valence-corrected chi connectivity index (χ1v) is 10.3. The normalized spacial score (nSPS) is 10.8. The third-order valence-corrected chi connectivity index (χ3v) is 4.45. The quantitative estimate of drug-likeness (QED) is 0.191. The smallest absolute Gasteiger partial charge is 0.326 e. The fourth-order valence-corrected chi connectivity index (χ4v) is 2.79. The van der Waals surface area contributed by atoms with Crippen molar-refractivity contribution < 1.29 is 23.2 Å². The minimum atomic E-state index is -1.02. The molecule has 0 aliphatic rings. The molecule has 0 radical (unpaired) electrons. The Morgan fingerprint density at radius 1 is 0.903 bits per heavy atom. The molecule has 2 rings (SSSR count). The van der Waals surface area contributed by atoms with Crippen LogP contribution in [0.2, 0.25) is 0 Å². The number of carbonyl (C=O) groups excluding carboxylic acids is 2. The van der Waals surface area contributed by atoms with E-state index in [1.165, 1.54) is 25.3 Å². The van der Waals surface area contributed by atoms with Gasteiger partial charge in [0.15, 0.2) is 11.6 Å². The standard InChI is InChI=1S/C23H27F2N3O3/c1-2-3-4-5-6-7-8-22(29)27-18-10-12-19(13-11-18)28-23(30)31-26-16-17-9-14-20(24)21(25)15-17/h9-16H,2-8H2,1H3,(H,27,29)(H,28,30)/b26-16+. The number of unbranched alkanes of at least 4 members (excludes halogenated alkanes) is 5. The van der Waals surface area contributed by atoms with Gasteiger partial charge in [-0.3, -0.25) is 14.9 Å². The van der Waals surface area contributed by atoms with Crippen LogP contribution in [0.15, 0.2) is 47.6 Å². The first kappa shape index (κ1) is 24.0. The maximum absolute atomic E-state index is 13.1. The van der Waals surface area contributed by atoms with Gasteiger partial charge >= 0.3 is 6.09 Å². The molecule has 6 nitrogen and oxygen atoms in total. The van der Waals surface area contributed by atoms with Crippen LogP contribution in [-0.4, -0.2) is 18.2 Å². The average molecular weight is 431 g/mol. The summed E-state index contributed by atoms with van der Waals surface area (Å²) < 4.78 is 26.0. The van der Waals surface area contributed by atoms with Gasteiger partial charge < -0.3 is 5.32 Å². The maximum Gasteiger partial charge on any atom is 0.437 e. The van der Waals surface area contributed by atoms with Crippen molar-refractivity contribution in [3.8, 4) is 0 Å². The average Bonchev–Trinajstić information content (AvgIpc) is 2.74. The molecular weight excluding hydrogens is 404 g/mol. The van der Waals surface area contributed by atoms with Crippen LogP contribution in [-0.2, 0) is 9.63 Å². The molecule has 0 fully saturated rings. The lowest BCUT2D eigenvalue weighted by Crippen LogP contribution is -2.12. The molecule has 0 aliphatic carbocycles. The van der Waals surface area contributed by atoms with Gasteiger partial charge in [0.2, 0.25) is 5.91 Å². The molecular formula is C23H27F2N3O3. The van der Waals surface area contributed by atoms with E-state index >= 15 is 0 Å². The van der Waals surface area contributed by atoms with Crippen molar-refractivity contribution in [3.63, 3.8) is 0 Å². The van der Waals surface area contributed by atoms with Crippen molar-refractivity contribution in [2.24, 2.45) is 5.16 Å². The fraction of sp³-hybridized carbons (Fsp3) is 0.348. The molecule has 8 heteroatoms. The molecule has 2 aromatic rings. The van der Waals surface area contributed by atoms with Crippen LogP contribution >= 0.6 is 0 Å². The second-order valence-corrected chi connectivity index (χ2v) is 7.06. The number of nitrogens with one attached hydrogen (secondary N) is 2. The van der Waals surface area contributed by atoms with Gasteiger partial charge in [0.25, 0.3) is 0 Å². The Morgan fingerprint density at radius 2 is 1.55 bits per heavy atom. The Labute approximate surface area is 180 Å². The summed E-state index contributed by atoms with van der Waals surface area (Å²) in [5.74, 6) is -2.03. The van der Waals surface area contributed by atoms with Crippen molar-refractivity contribution in [2.75, 3.05) is 10.6 Å². The van der Waals surface area contributed by atoms with E-state index in [9.17, 15) is 18.4 Å². The molecule has 0 saturated carbocycles. The Hall–Kier alpha value is -3.29. The third kappa shape index (κ3) is 9.37. The number of amides is 2. The molecule has 2 N–H and O–H groups in total. The first-order chi connectivity index (χ1) is 15.0. The summed E-state index contributed by atoms with van der Waals surface area (Å²) >= 11 is 0. The van der Waals surface area contributed by atoms with Gasteiger partial charge in [0, 0.05) is 17.8 Å². The molecule has 166 valence electrons. The van der Waals surface area contributed by atoms with E-state index in [2.05, 4.69) is 27.6 Å². The molecule has 2 aromatic carbocycles. The molecule has 0 aliphatic heterocycles. The SMILES string of the molecule is CCCCCCCCC(=O)Nc1ccc(NC(=O)O/N=C/c2ccc(F)c(F)c2)cc1. The lowest BCUT2D eigenvalue weighted by atomic mass is 10.1. The van der Waals surface area contributed by atoms with Gasteiger partial charge in [-0.1, -0.05) is 50.2 Å². The van der Waals surface area contributed by atoms with Crippen LogP contribution < -0.4 is 10.6 Å². The summed E-state index contributed by atoms with van der Waals surface area (Å²) in [6.45, 7) is 2.17. The number of nitrogens with zero attached hydrogens (tertiary/aromatic N) is 1. The number of carbonyl (C=O) groups is 2. The minimum absolute atomic E-state index is 0.0397. The van der Waals surface area contributed by atoms with Crippen molar-refractivity contribution in [1.29, 1.82) is 0 Å². The number of hydrogen-bond acceptors (Lipinski definition) is 4. The Morgan fingerprint density at radius 3 is 2.23 bits per heavy atom. The highest BCUT2D eigenvalue weighted by Gasteiger charge is 2.06. The van der Waals surface area contributed by atoms with Gasteiger partial charge in [-0.15, -0.1) is 0 Å². The summed E-state index contributed by atoms with van der Waals surface area (Å²) in [5, 5.41) is 8.72. The van der Waals surface area contributed by atoms with Gasteiger partial charge in [0.05, 0.1) is 6.21 Å². The molecule has 0 unspecified atom stereocenters. The van der Waals surface area contributed by atoms with Gasteiger partial charge in [0.1, 0.15) is 0 Å². The summed E-state index contributed by atoms with van der Waals surface area (Å²) in [4.78, 5) is 28.4. The highest BCUT2D eigenvalue weighted by molar-refractivity contribution is 5.91. The maximum atomic E-state index is 13.1.